The molecule has 1 saturated carbocycles. The Balaban J connectivity index is 1.58. The third kappa shape index (κ3) is 4.28. The number of hydrogen-bond acceptors (Lipinski definition) is 2. The van der Waals surface area contributed by atoms with Crippen LogP contribution in [0.3, 0.4) is 0 Å². The minimum absolute atomic E-state index is 0.0755. The van der Waals surface area contributed by atoms with Gasteiger partial charge in [0.05, 0.1) is 5.41 Å². The van der Waals surface area contributed by atoms with E-state index in [-0.39, 0.29) is 23.8 Å². The number of nitrogens with one attached hydrogen (secondary N) is 1. The van der Waals surface area contributed by atoms with Crippen LogP contribution >= 0.6 is 0 Å². The second-order valence-corrected chi connectivity index (χ2v) is 9.29. The topological polar surface area (TPSA) is 49.4 Å². The molecule has 0 spiro atoms. The predicted molar refractivity (Wildman–Crippen MR) is 120 cm³/mol. The maximum atomic E-state index is 13.3. The monoisotopic (exact) mass is 404 g/mol. The van der Waals surface area contributed by atoms with Crippen LogP contribution in [0.2, 0.25) is 0 Å². The average molecular weight is 405 g/mol. The Morgan fingerprint density at radius 3 is 2.47 bits per heavy atom. The van der Waals surface area contributed by atoms with Gasteiger partial charge in [-0.05, 0) is 56.2 Å². The molecule has 0 bridgehead atoms. The number of amides is 2. The SMILES string of the molecule is CC(C)NC(=O)[C@]1(Cc2cccc(-c3ccccc3)c2)CCN(C(=O)C2CCC2)C1. The molecule has 0 aromatic heterocycles. The van der Waals surface area contributed by atoms with Crippen molar-refractivity contribution in [3.8, 4) is 11.1 Å². The van der Waals surface area contributed by atoms with Gasteiger partial charge in [-0.25, -0.2) is 0 Å². The van der Waals surface area contributed by atoms with Crippen molar-refractivity contribution in [1.82, 2.24) is 10.2 Å². The molecule has 1 saturated heterocycles. The lowest BCUT2D eigenvalue weighted by Crippen LogP contribution is -2.48. The zero-order chi connectivity index (χ0) is 21.1. The molecule has 4 heteroatoms. The Morgan fingerprint density at radius 1 is 1.07 bits per heavy atom. The Labute approximate surface area is 179 Å². The first kappa shape index (κ1) is 20.6. The van der Waals surface area contributed by atoms with E-state index in [0.717, 1.165) is 36.8 Å². The molecule has 1 atom stereocenters. The summed E-state index contributed by atoms with van der Waals surface area (Å²) in [7, 11) is 0. The van der Waals surface area contributed by atoms with Gasteiger partial charge in [0, 0.05) is 25.0 Å². The quantitative estimate of drug-likeness (QED) is 0.774. The average Bonchev–Trinajstić information content (AvgIpc) is 3.12. The van der Waals surface area contributed by atoms with E-state index >= 15 is 0 Å². The van der Waals surface area contributed by atoms with E-state index in [4.69, 9.17) is 0 Å². The zero-order valence-corrected chi connectivity index (χ0v) is 18.1. The minimum Gasteiger partial charge on any atom is -0.353 e. The second-order valence-electron chi connectivity index (χ2n) is 9.29. The first-order valence-corrected chi connectivity index (χ1v) is 11.2. The third-order valence-corrected chi connectivity index (χ3v) is 6.60. The largest absolute Gasteiger partial charge is 0.353 e. The van der Waals surface area contributed by atoms with Gasteiger partial charge < -0.3 is 10.2 Å². The lowest BCUT2D eigenvalue weighted by atomic mass is 9.79. The maximum Gasteiger partial charge on any atom is 0.228 e. The van der Waals surface area contributed by atoms with E-state index in [2.05, 4.69) is 41.7 Å². The van der Waals surface area contributed by atoms with Gasteiger partial charge in [-0.3, -0.25) is 9.59 Å². The Hall–Kier alpha value is -2.62. The number of benzene rings is 2. The fourth-order valence-corrected chi connectivity index (χ4v) is 4.68. The molecule has 4 rings (SSSR count). The summed E-state index contributed by atoms with van der Waals surface area (Å²) in [5.41, 5.74) is 2.92. The summed E-state index contributed by atoms with van der Waals surface area (Å²) in [6.07, 6.45) is 4.52. The van der Waals surface area contributed by atoms with Crippen LogP contribution in [-0.4, -0.2) is 35.8 Å². The van der Waals surface area contributed by atoms with Crippen LogP contribution in [0.4, 0.5) is 0 Å². The second kappa shape index (κ2) is 8.63. The van der Waals surface area contributed by atoms with Crippen LogP contribution in [0.5, 0.6) is 0 Å². The van der Waals surface area contributed by atoms with Crippen LogP contribution in [0, 0.1) is 11.3 Å². The van der Waals surface area contributed by atoms with Gasteiger partial charge in [0.15, 0.2) is 0 Å². The molecular weight excluding hydrogens is 372 g/mol. The van der Waals surface area contributed by atoms with Gasteiger partial charge in [0.25, 0.3) is 0 Å². The number of likely N-dealkylation sites (tertiary alicyclic amines) is 1. The van der Waals surface area contributed by atoms with Crippen molar-refractivity contribution in [2.24, 2.45) is 11.3 Å². The Kier molecular flexibility index (Phi) is 5.94. The predicted octanol–water partition coefficient (Wildman–Crippen LogP) is 4.44. The van der Waals surface area contributed by atoms with Gasteiger partial charge in [-0.15, -0.1) is 0 Å². The van der Waals surface area contributed by atoms with Gasteiger partial charge in [-0.2, -0.15) is 0 Å². The van der Waals surface area contributed by atoms with Crippen LogP contribution in [0.15, 0.2) is 54.6 Å². The van der Waals surface area contributed by atoms with Crippen LogP contribution < -0.4 is 5.32 Å². The highest BCUT2D eigenvalue weighted by atomic mass is 16.2. The van der Waals surface area contributed by atoms with Gasteiger partial charge in [0.1, 0.15) is 0 Å². The van der Waals surface area contributed by atoms with E-state index in [9.17, 15) is 9.59 Å². The van der Waals surface area contributed by atoms with Crippen LogP contribution in [0.25, 0.3) is 11.1 Å². The first-order valence-electron chi connectivity index (χ1n) is 11.2. The molecule has 2 aromatic rings. The first-order chi connectivity index (χ1) is 14.5. The van der Waals surface area contributed by atoms with Gasteiger partial charge >= 0.3 is 0 Å². The van der Waals surface area contributed by atoms with Crippen molar-refractivity contribution >= 4 is 11.8 Å². The van der Waals surface area contributed by atoms with Crippen molar-refractivity contribution in [2.75, 3.05) is 13.1 Å². The molecule has 30 heavy (non-hydrogen) atoms. The smallest absolute Gasteiger partial charge is 0.228 e. The fraction of sp³-hybridized carbons (Fsp3) is 0.462. The molecule has 1 heterocycles. The highest BCUT2D eigenvalue weighted by Gasteiger charge is 2.47. The molecule has 2 aromatic carbocycles. The molecule has 158 valence electrons. The third-order valence-electron chi connectivity index (χ3n) is 6.60. The van der Waals surface area contributed by atoms with E-state index in [1.807, 2.05) is 36.9 Å². The van der Waals surface area contributed by atoms with Crippen LogP contribution in [-0.2, 0) is 16.0 Å². The van der Waals surface area contributed by atoms with Crippen molar-refractivity contribution in [1.29, 1.82) is 0 Å². The van der Waals surface area contributed by atoms with E-state index in [1.165, 1.54) is 5.56 Å². The zero-order valence-electron chi connectivity index (χ0n) is 18.1. The fourth-order valence-electron chi connectivity index (χ4n) is 4.68. The highest BCUT2D eigenvalue weighted by Crippen LogP contribution is 2.38. The summed E-state index contributed by atoms with van der Waals surface area (Å²) in [5, 5.41) is 3.13. The summed E-state index contributed by atoms with van der Waals surface area (Å²) in [6.45, 7) is 5.19. The lowest BCUT2D eigenvalue weighted by molar-refractivity contribution is -0.138. The van der Waals surface area contributed by atoms with Crippen molar-refractivity contribution in [2.45, 2.75) is 52.0 Å². The standard InChI is InChI=1S/C26H32N2O2/c1-19(2)27-25(30)26(14-15-28(18-26)24(29)22-11-7-12-22)17-20-8-6-13-23(16-20)21-9-4-3-5-10-21/h3-6,8-10,13,16,19,22H,7,11-12,14-15,17-18H2,1-2H3,(H,27,30)/t26-/m0/s1. The summed E-state index contributed by atoms with van der Waals surface area (Å²) < 4.78 is 0. The molecular formula is C26H32N2O2. The highest BCUT2D eigenvalue weighted by molar-refractivity contribution is 5.86. The summed E-state index contributed by atoms with van der Waals surface area (Å²) in [4.78, 5) is 28.1. The molecule has 4 nitrogen and oxygen atoms in total. The number of nitrogens with zero attached hydrogens (tertiary/aromatic N) is 1. The summed E-state index contributed by atoms with van der Waals surface area (Å²) in [6, 6.07) is 18.9. The number of carbonyl (C=O) groups excluding carboxylic acids is 2. The summed E-state index contributed by atoms with van der Waals surface area (Å²) in [5.74, 6) is 0.500. The van der Waals surface area contributed by atoms with Gasteiger partial charge in [-0.1, -0.05) is 61.0 Å². The molecule has 2 fully saturated rings. The molecule has 1 aliphatic heterocycles. The van der Waals surface area contributed by atoms with E-state index in [1.54, 1.807) is 0 Å². The van der Waals surface area contributed by atoms with Crippen LogP contribution in [0.1, 0.15) is 45.1 Å². The minimum atomic E-state index is -0.557. The molecule has 0 unspecified atom stereocenters. The normalized spacial score (nSPS) is 21.5. The molecule has 1 aliphatic carbocycles. The van der Waals surface area contributed by atoms with Crippen molar-refractivity contribution in [3.05, 3.63) is 60.2 Å². The van der Waals surface area contributed by atoms with Crippen molar-refractivity contribution in [3.63, 3.8) is 0 Å². The van der Waals surface area contributed by atoms with Crippen molar-refractivity contribution < 1.29 is 9.59 Å². The number of carbonyl (C=O) groups is 2. The maximum absolute atomic E-state index is 13.3. The lowest BCUT2D eigenvalue weighted by Gasteiger charge is -2.32. The van der Waals surface area contributed by atoms with Gasteiger partial charge in [0.2, 0.25) is 11.8 Å². The molecule has 1 N–H and O–H groups in total. The Bertz CT molecular complexity index is 904. The Morgan fingerprint density at radius 2 is 1.80 bits per heavy atom. The number of rotatable bonds is 6. The molecule has 0 radical (unpaired) electrons. The van der Waals surface area contributed by atoms with E-state index in [0.29, 0.717) is 19.5 Å². The number of hydrogen-bond donors (Lipinski definition) is 1. The molecule has 2 aliphatic rings. The molecule has 2 amide bonds. The van der Waals surface area contributed by atoms with E-state index < -0.39 is 5.41 Å². The summed E-state index contributed by atoms with van der Waals surface area (Å²) >= 11 is 0.